The fraction of sp³-hybridized carbons (Fsp3) is 0.600. The van der Waals surface area contributed by atoms with Gasteiger partial charge in [0.05, 0.1) is 5.39 Å². The van der Waals surface area contributed by atoms with Crippen molar-refractivity contribution in [3.8, 4) is 0 Å². The Labute approximate surface area is 117 Å². The van der Waals surface area contributed by atoms with Crippen molar-refractivity contribution in [2.75, 3.05) is 0 Å². The van der Waals surface area contributed by atoms with Crippen LogP contribution in [-0.4, -0.2) is 9.55 Å². The first kappa shape index (κ1) is 12.9. The van der Waals surface area contributed by atoms with Crippen molar-refractivity contribution in [2.24, 2.45) is 0 Å². The lowest BCUT2D eigenvalue weighted by Crippen LogP contribution is -2.24. The fourth-order valence-corrected chi connectivity index (χ4v) is 4.21. The number of fused-ring (bicyclic) bond motifs is 2. The van der Waals surface area contributed by atoms with Crippen molar-refractivity contribution >= 4 is 21.6 Å². The molecule has 0 atom stereocenters. The number of hydrogen-bond acceptors (Lipinski definition) is 3. The molecule has 0 saturated heterocycles. The van der Waals surface area contributed by atoms with Crippen LogP contribution in [0.25, 0.3) is 10.2 Å². The van der Waals surface area contributed by atoms with Crippen LogP contribution in [0.1, 0.15) is 48.9 Å². The van der Waals surface area contributed by atoms with Crippen LogP contribution in [0.15, 0.2) is 4.79 Å². The first-order chi connectivity index (χ1) is 9.22. The molecule has 0 bridgehead atoms. The summed E-state index contributed by atoms with van der Waals surface area (Å²) in [7, 11) is 0. The van der Waals surface area contributed by atoms with Gasteiger partial charge in [0.1, 0.15) is 10.7 Å². The topological polar surface area (TPSA) is 34.9 Å². The molecule has 4 heteroatoms. The Balaban J connectivity index is 2.25. The van der Waals surface area contributed by atoms with Gasteiger partial charge >= 0.3 is 0 Å². The van der Waals surface area contributed by atoms with Crippen LogP contribution in [0, 0.1) is 6.92 Å². The molecule has 102 valence electrons. The van der Waals surface area contributed by atoms with Gasteiger partial charge in [-0.05, 0) is 31.7 Å². The standard InChI is InChI=1S/C15H20N2OS/c1-3-7-11-10(2)13-14(19-11)16-12-8-5-4-6-9-17(12)15(13)18/h3-9H2,1-2H3. The molecule has 2 aromatic rings. The van der Waals surface area contributed by atoms with Crippen molar-refractivity contribution in [1.82, 2.24) is 9.55 Å². The lowest BCUT2D eigenvalue weighted by atomic mass is 10.1. The number of thiophene rings is 1. The molecule has 0 amide bonds. The number of nitrogens with zero attached hydrogens (tertiary/aromatic N) is 2. The van der Waals surface area contributed by atoms with E-state index in [1.165, 1.54) is 16.9 Å². The average molecular weight is 276 g/mol. The van der Waals surface area contributed by atoms with Crippen molar-refractivity contribution in [2.45, 2.75) is 58.9 Å². The van der Waals surface area contributed by atoms with E-state index in [1.807, 2.05) is 4.57 Å². The van der Waals surface area contributed by atoms with Gasteiger partial charge < -0.3 is 0 Å². The minimum absolute atomic E-state index is 0.193. The molecule has 3 rings (SSSR count). The Morgan fingerprint density at radius 1 is 1.32 bits per heavy atom. The van der Waals surface area contributed by atoms with Crippen LogP contribution in [0.5, 0.6) is 0 Å². The van der Waals surface area contributed by atoms with Gasteiger partial charge in [0.2, 0.25) is 0 Å². The van der Waals surface area contributed by atoms with Gasteiger partial charge in [-0.3, -0.25) is 9.36 Å². The Hall–Kier alpha value is -1.16. The van der Waals surface area contributed by atoms with Crippen LogP contribution in [0.2, 0.25) is 0 Å². The van der Waals surface area contributed by atoms with Gasteiger partial charge in [0.25, 0.3) is 5.56 Å². The summed E-state index contributed by atoms with van der Waals surface area (Å²) in [6.45, 7) is 5.10. The van der Waals surface area contributed by atoms with Crippen LogP contribution in [0.4, 0.5) is 0 Å². The normalized spacial score (nSPS) is 15.5. The second kappa shape index (κ2) is 5.08. The zero-order chi connectivity index (χ0) is 13.4. The SMILES string of the molecule is CCCc1sc2nc3n(c(=O)c2c1C)CCCCC3. The largest absolute Gasteiger partial charge is 0.296 e. The summed E-state index contributed by atoms with van der Waals surface area (Å²) in [6.07, 6.45) is 6.59. The van der Waals surface area contributed by atoms with E-state index in [0.29, 0.717) is 0 Å². The Kier molecular flexibility index (Phi) is 3.44. The molecule has 3 nitrogen and oxygen atoms in total. The molecule has 0 unspecified atom stereocenters. The number of aromatic nitrogens is 2. The number of hydrogen-bond donors (Lipinski definition) is 0. The monoisotopic (exact) mass is 276 g/mol. The first-order valence-corrected chi connectivity index (χ1v) is 8.05. The quantitative estimate of drug-likeness (QED) is 0.842. The molecule has 2 aromatic heterocycles. The molecule has 1 aliphatic heterocycles. The average Bonchev–Trinajstić information content (AvgIpc) is 2.59. The second-order valence-electron chi connectivity index (χ2n) is 5.38. The summed E-state index contributed by atoms with van der Waals surface area (Å²) in [5, 5.41) is 0.874. The molecule has 3 heterocycles. The van der Waals surface area contributed by atoms with Crippen LogP contribution >= 0.6 is 11.3 Å². The highest BCUT2D eigenvalue weighted by molar-refractivity contribution is 7.18. The van der Waals surface area contributed by atoms with Crippen LogP contribution in [-0.2, 0) is 19.4 Å². The maximum Gasteiger partial charge on any atom is 0.262 e. The maximum absolute atomic E-state index is 12.7. The summed E-state index contributed by atoms with van der Waals surface area (Å²) >= 11 is 1.72. The molecule has 0 radical (unpaired) electrons. The molecule has 19 heavy (non-hydrogen) atoms. The van der Waals surface area contributed by atoms with Crippen molar-refractivity contribution < 1.29 is 0 Å². The lowest BCUT2D eigenvalue weighted by Gasteiger charge is -2.08. The van der Waals surface area contributed by atoms with E-state index in [4.69, 9.17) is 4.98 Å². The van der Waals surface area contributed by atoms with E-state index in [2.05, 4.69) is 13.8 Å². The van der Waals surface area contributed by atoms with Gasteiger partial charge in [-0.25, -0.2) is 4.98 Å². The molecule has 0 fully saturated rings. The minimum atomic E-state index is 0.193. The Morgan fingerprint density at radius 2 is 2.16 bits per heavy atom. The van der Waals surface area contributed by atoms with Gasteiger partial charge in [-0.2, -0.15) is 0 Å². The van der Waals surface area contributed by atoms with E-state index in [1.54, 1.807) is 11.3 Å². The third kappa shape index (κ3) is 2.12. The molecule has 0 aliphatic carbocycles. The highest BCUT2D eigenvalue weighted by atomic mass is 32.1. The Bertz CT molecular complexity index is 669. The minimum Gasteiger partial charge on any atom is -0.296 e. The van der Waals surface area contributed by atoms with Gasteiger partial charge in [-0.15, -0.1) is 11.3 Å². The third-order valence-corrected chi connectivity index (χ3v) is 5.23. The lowest BCUT2D eigenvalue weighted by molar-refractivity contribution is 0.614. The summed E-state index contributed by atoms with van der Waals surface area (Å²) in [6, 6.07) is 0. The van der Waals surface area contributed by atoms with E-state index in [-0.39, 0.29) is 5.56 Å². The van der Waals surface area contributed by atoms with Crippen LogP contribution in [0.3, 0.4) is 0 Å². The molecule has 0 N–H and O–H groups in total. The van der Waals surface area contributed by atoms with Crippen molar-refractivity contribution in [1.29, 1.82) is 0 Å². The smallest absolute Gasteiger partial charge is 0.262 e. The Morgan fingerprint density at radius 3 is 2.95 bits per heavy atom. The van der Waals surface area contributed by atoms with E-state index in [9.17, 15) is 4.79 Å². The van der Waals surface area contributed by atoms with Gasteiger partial charge in [0, 0.05) is 17.8 Å². The fourth-order valence-electron chi connectivity index (χ4n) is 2.92. The summed E-state index contributed by atoms with van der Waals surface area (Å²) in [4.78, 5) is 19.8. The summed E-state index contributed by atoms with van der Waals surface area (Å²) < 4.78 is 1.92. The van der Waals surface area contributed by atoms with Crippen molar-refractivity contribution in [3.63, 3.8) is 0 Å². The van der Waals surface area contributed by atoms with E-state index in [0.717, 1.165) is 54.7 Å². The zero-order valence-electron chi connectivity index (χ0n) is 11.7. The second-order valence-corrected chi connectivity index (χ2v) is 6.46. The summed E-state index contributed by atoms with van der Waals surface area (Å²) in [5.74, 6) is 0.999. The summed E-state index contributed by atoms with van der Waals surface area (Å²) in [5.41, 5.74) is 1.36. The predicted octanol–water partition coefficient (Wildman–Crippen LogP) is 3.45. The molecule has 0 saturated carbocycles. The molecule has 0 spiro atoms. The molecular weight excluding hydrogens is 256 g/mol. The van der Waals surface area contributed by atoms with Crippen LogP contribution < -0.4 is 5.56 Å². The highest BCUT2D eigenvalue weighted by Gasteiger charge is 2.18. The highest BCUT2D eigenvalue weighted by Crippen LogP contribution is 2.29. The predicted molar refractivity (Wildman–Crippen MR) is 80.2 cm³/mol. The van der Waals surface area contributed by atoms with Gasteiger partial charge in [-0.1, -0.05) is 19.8 Å². The molecule has 0 aromatic carbocycles. The van der Waals surface area contributed by atoms with E-state index >= 15 is 0 Å². The third-order valence-electron chi connectivity index (χ3n) is 3.99. The first-order valence-electron chi connectivity index (χ1n) is 7.24. The van der Waals surface area contributed by atoms with Crippen molar-refractivity contribution in [3.05, 3.63) is 26.6 Å². The molecule has 1 aliphatic rings. The maximum atomic E-state index is 12.7. The van der Waals surface area contributed by atoms with E-state index < -0.39 is 0 Å². The molecular formula is C15H20N2OS. The zero-order valence-corrected chi connectivity index (χ0v) is 12.5. The number of rotatable bonds is 2. The van der Waals surface area contributed by atoms with Gasteiger partial charge in [0.15, 0.2) is 0 Å². The number of aryl methyl sites for hydroxylation is 3.